The van der Waals surface area contributed by atoms with E-state index in [0.717, 1.165) is 12.0 Å². The fourth-order valence-electron chi connectivity index (χ4n) is 1.13. The maximum Gasteiger partial charge on any atom is 0.244 e. The molecule has 15 heavy (non-hydrogen) atoms. The molecule has 1 amide bonds. The quantitative estimate of drug-likeness (QED) is 0.749. The fourth-order valence-corrected chi connectivity index (χ4v) is 1.13. The van der Waals surface area contributed by atoms with Crippen molar-refractivity contribution in [3.05, 3.63) is 42.0 Å². The van der Waals surface area contributed by atoms with E-state index in [4.69, 9.17) is 0 Å². The summed E-state index contributed by atoms with van der Waals surface area (Å²) >= 11 is 0. The average Bonchev–Trinajstić information content (AvgIpc) is 2.27. The number of hydrogen-bond donors (Lipinski definition) is 1. The van der Waals surface area contributed by atoms with E-state index in [9.17, 15) is 4.79 Å². The zero-order valence-corrected chi connectivity index (χ0v) is 9.23. The molecule has 0 fully saturated rings. The number of hydrogen-bond acceptors (Lipinski definition) is 1. The second kappa shape index (κ2) is 6.02. The fraction of sp³-hybridized carbons (Fsp3) is 0.308. The van der Waals surface area contributed by atoms with Crippen LogP contribution in [0.25, 0.3) is 6.08 Å². The molecule has 80 valence electrons. The van der Waals surface area contributed by atoms with Gasteiger partial charge in [0.05, 0.1) is 0 Å². The number of rotatable bonds is 4. The van der Waals surface area contributed by atoms with Crippen molar-refractivity contribution in [1.82, 2.24) is 5.32 Å². The topological polar surface area (TPSA) is 29.1 Å². The normalized spacial score (nSPS) is 12.7. The highest BCUT2D eigenvalue weighted by Gasteiger charge is 2.00. The van der Waals surface area contributed by atoms with E-state index < -0.39 is 0 Å². The predicted molar refractivity (Wildman–Crippen MR) is 63.4 cm³/mol. The molecule has 0 radical (unpaired) electrons. The Labute approximate surface area is 91.0 Å². The predicted octanol–water partition coefficient (Wildman–Crippen LogP) is 2.61. The largest absolute Gasteiger partial charge is 0.350 e. The van der Waals surface area contributed by atoms with Crippen molar-refractivity contribution in [2.75, 3.05) is 0 Å². The van der Waals surface area contributed by atoms with Gasteiger partial charge in [-0.3, -0.25) is 4.79 Å². The van der Waals surface area contributed by atoms with Crippen LogP contribution in [0, 0.1) is 0 Å². The molecule has 0 saturated heterocycles. The van der Waals surface area contributed by atoms with Crippen molar-refractivity contribution in [3.63, 3.8) is 0 Å². The summed E-state index contributed by atoms with van der Waals surface area (Å²) in [5.74, 6) is -0.0341. The summed E-state index contributed by atoms with van der Waals surface area (Å²) in [5.41, 5.74) is 1.04. The van der Waals surface area contributed by atoms with Crippen LogP contribution in [-0.4, -0.2) is 11.9 Å². The third-order valence-electron chi connectivity index (χ3n) is 2.23. The second-order valence-electron chi connectivity index (χ2n) is 3.56. The summed E-state index contributed by atoms with van der Waals surface area (Å²) < 4.78 is 0. The first-order valence-corrected chi connectivity index (χ1v) is 5.26. The van der Waals surface area contributed by atoms with Crippen LogP contribution < -0.4 is 5.32 Å². The maximum atomic E-state index is 11.4. The first-order chi connectivity index (χ1) is 7.22. The van der Waals surface area contributed by atoms with E-state index in [-0.39, 0.29) is 11.9 Å². The lowest BCUT2D eigenvalue weighted by molar-refractivity contribution is -0.117. The smallest absolute Gasteiger partial charge is 0.244 e. The summed E-state index contributed by atoms with van der Waals surface area (Å²) in [7, 11) is 0. The summed E-state index contributed by atoms with van der Waals surface area (Å²) in [6.45, 7) is 4.04. The molecule has 1 rings (SSSR count). The van der Waals surface area contributed by atoms with Crippen LogP contribution in [0.4, 0.5) is 0 Å². The molecule has 0 heterocycles. The van der Waals surface area contributed by atoms with Gasteiger partial charge < -0.3 is 5.32 Å². The maximum absolute atomic E-state index is 11.4. The summed E-state index contributed by atoms with van der Waals surface area (Å²) in [6, 6.07) is 10.0. The van der Waals surface area contributed by atoms with Crippen LogP contribution in [-0.2, 0) is 4.79 Å². The van der Waals surface area contributed by atoms with Crippen LogP contribution in [0.15, 0.2) is 36.4 Å². The van der Waals surface area contributed by atoms with Crippen LogP contribution in [0.2, 0.25) is 0 Å². The van der Waals surface area contributed by atoms with E-state index in [1.807, 2.05) is 50.3 Å². The molecule has 1 N–H and O–H groups in total. The molecule has 0 aliphatic carbocycles. The summed E-state index contributed by atoms with van der Waals surface area (Å²) in [6.07, 6.45) is 4.34. The Hall–Kier alpha value is -1.57. The van der Waals surface area contributed by atoms with Crippen molar-refractivity contribution in [3.8, 4) is 0 Å². The van der Waals surface area contributed by atoms with Gasteiger partial charge in [0.2, 0.25) is 5.91 Å². The van der Waals surface area contributed by atoms with Crippen LogP contribution in [0.1, 0.15) is 25.8 Å². The Morgan fingerprint density at radius 1 is 1.40 bits per heavy atom. The highest BCUT2D eigenvalue weighted by Crippen LogP contribution is 2.00. The van der Waals surface area contributed by atoms with E-state index >= 15 is 0 Å². The number of nitrogens with one attached hydrogen (secondary N) is 1. The summed E-state index contributed by atoms with van der Waals surface area (Å²) in [4.78, 5) is 11.4. The van der Waals surface area contributed by atoms with Gasteiger partial charge in [0.15, 0.2) is 0 Å². The molecule has 0 aliphatic rings. The van der Waals surface area contributed by atoms with Gasteiger partial charge in [-0.15, -0.1) is 0 Å². The third-order valence-corrected chi connectivity index (χ3v) is 2.23. The number of carbonyl (C=O) groups is 1. The van der Waals surface area contributed by atoms with Crippen molar-refractivity contribution >= 4 is 12.0 Å². The Balaban J connectivity index is 2.48. The van der Waals surface area contributed by atoms with Gasteiger partial charge in [-0.1, -0.05) is 37.3 Å². The first kappa shape index (κ1) is 11.5. The molecule has 1 atom stereocenters. The van der Waals surface area contributed by atoms with Crippen molar-refractivity contribution < 1.29 is 4.79 Å². The highest BCUT2D eigenvalue weighted by atomic mass is 16.1. The van der Waals surface area contributed by atoms with Crippen molar-refractivity contribution in [2.45, 2.75) is 26.3 Å². The van der Waals surface area contributed by atoms with Gasteiger partial charge >= 0.3 is 0 Å². The molecule has 2 nitrogen and oxygen atoms in total. The van der Waals surface area contributed by atoms with E-state index in [0.29, 0.717) is 0 Å². The van der Waals surface area contributed by atoms with E-state index in [1.54, 1.807) is 6.08 Å². The minimum Gasteiger partial charge on any atom is -0.350 e. The van der Waals surface area contributed by atoms with Crippen LogP contribution in [0.5, 0.6) is 0 Å². The lowest BCUT2D eigenvalue weighted by atomic mass is 10.2. The van der Waals surface area contributed by atoms with Crippen LogP contribution in [0.3, 0.4) is 0 Å². The number of carbonyl (C=O) groups excluding carboxylic acids is 1. The first-order valence-electron chi connectivity index (χ1n) is 5.26. The Bertz CT molecular complexity index is 330. The molecule has 0 bridgehead atoms. The third kappa shape index (κ3) is 4.45. The van der Waals surface area contributed by atoms with Gasteiger partial charge in [0.25, 0.3) is 0 Å². The van der Waals surface area contributed by atoms with Gasteiger partial charge in [-0.05, 0) is 25.0 Å². The molecule has 0 aliphatic heterocycles. The van der Waals surface area contributed by atoms with Crippen molar-refractivity contribution in [2.24, 2.45) is 0 Å². The number of amides is 1. The number of benzene rings is 1. The molecule has 1 aromatic rings. The molecule has 1 aromatic carbocycles. The Morgan fingerprint density at radius 2 is 2.07 bits per heavy atom. The van der Waals surface area contributed by atoms with Gasteiger partial charge in [-0.25, -0.2) is 0 Å². The van der Waals surface area contributed by atoms with Crippen molar-refractivity contribution in [1.29, 1.82) is 0 Å². The zero-order chi connectivity index (χ0) is 11.1. The van der Waals surface area contributed by atoms with Gasteiger partial charge in [-0.2, -0.15) is 0 Å². The molecule has 2 heteroatoms. The second-order valence-corrected chi connectivity index (χ2v) is 3.56. The molecular formula is C13H17NO. The standard InChI is InChI=1S/C13H17NO/c1-3-11(2)14-13(15)10-9-12-7-5-4-6-8-12/h4-11H,3H2,1-2H3,(H,14,15)/b10-9-/t11-/m0/s1. The van der Waals surface area contributed by atoms with Gasteiger partial charge in [0, 0.05) is 12.1 Å². The minimum atomic E-state index is -0.0341. The molecule has 0 spiro atoms. The monoisotopic (exact) mass is 203 g/mol. The average molecular weight is 203 g/mol. The Morgan fingerprint density at radius 3 is 2.67 bits per heavy atom. The van der Waals surface area contributed by atoms with E-state index in [1.165, 1.54) is 0 Å². The van der Waals surface area contributed by atoms with Crippen LogP contribution >= 0.6 is 0 Å². The SMILES string of the molecule is CC[C@H](C)NC(=O)/C=C\c1ccccc1. The van der Waals surface area contributed by atoms with E-state index in [2.05, 4.69) is 5.32 Å². The minimum absolute atomic E-state index is 0.0341. The molecule has 0 unspecified atom stereocenters. The zero-order valence-electron chi connectivity index (χ0n) is 9.23. The van der Waals surface area contributed by atoms with Gasteiger partial charge in [0.1, 0.15) is 0 Å². The summed E-state index contributed by atoms with van der Waals surface area (Å²) in [5, 5.41) is 2.87. The molecule has 0 aromatic heterocycles. The molecule has 0 saturated carbocycles. The highest BCUT2D eigenvalue weighted by molar-refractivity contribution is 5.91. The Kier molecular flexibility index (Phi) is 4.61. The lowest BCUT2D eigenvalue weighted by Gasteiger charge is -2.08. The molecular weight excluding hydrogens is 186 g/mol. The lowest BCUT2D eigenvalue weighted by Crippen LogP contribution is -2.30.